The molecule has 0 bridgehead atoms. The first-order valence-corrected chi connectivity index (χ1v) is 6.15. The van der Waals surface area contributed by atoms with Gasteiger partial charge < -0.3 is 9.73 Å². The van der Waals surface area contributed by atoms with E-state index in [1.165, 1.54) is 12.8 Å². The van der Waals surface area contributed by atoms with Crippen LogP contribution in [0, 0.1) is 0 Å². The highest BCUT2D eigenvalue weighted by Crippen LogP contribution is 2.14. The molecular weight excluding hydrogens is 200 g/mol. The Labute approximate surface area is 97.8 Å². The third-order valence-corrected chi connectivity index (χ3v) is 3.27. The van der Waals surface area contributed by atoms with Gasteiger partial charge in [0, 0.05) is 12.1 Å². The molecule has 16 heavy (non-hydrogen) atoms. The smallest absolute Gasteiger partial charge is 0.117 e. The van der Waals surface area contributed by atoms with Gasteiger partial charge in [-0.25, -0.2) is 0 Å². The van der Waals surface area contributed by atoms with E-state index in [9.17, 15) is 0 Å². The summed E-state index contributed by atoms with van der Waals surface area (Å²) < 4.78 is 5.40. The van der Waals surface area contributed by atoms with E-state index >= 15 is 0 Å². The molecule has 2 rings (SSSR count). The highest BCUT2D eigenvalue weighted by atomic mass is 16.3. The molecule has 1 fully saturated rings. The molecule has 0 amide bonds. The van der Waals surface area contributed by atoms with E-state index in [2.05, 4.69) is 30.1 Å². The fraction of sp³-hybridized carbons (Fsp3) is 0.692. The lowest BCUT2D eigenvalue weighted by atomic mass is 9.99. The molecule has 0 aromatic carbocycles. The fourth-order valence-corrected chi connectivity index (χ4v) is 2.15. The highest BCUT2D eigenvalue weighted by Gasteiger charge is 2.21. The summed E-state index contributed by atoms with van der Waals surface area (Å²) in [5.74, 6) is 1.08. The Balaban J connectivity index is 1.89. The summed E-state index contributed by atoms with van der Waals surface area (Å²) in [6.07, 6.45) is 4.16. The summed E-state index contributed by atoms with van der Waals surface area (Å²) in [4.78, 5) is 2.49. The average molecular weight is 222 g/mol. The summed E-state index contributed by atoms with van der Waals surface area (Å²) in [6, 6.07) is 4.02. The second-order valence-corrected chi connectivity index (χ2v) is 5.27. The summed E-state index contributed by atoms with van der Waals surface area (Å²) in [7, 11) is 0. The molecule has 3 heteroatoms. The van der Waals surface area contributed by atoms with Gasteiger partial charge in [0.1, 0.15) is 5.76 Å². The summed E-state index contributed by atoms with van der Waals surface area (Å²) in [5.41, 5.74) is 0.266. The van der Waals surface area contributed by atoms with Crippen LogP contribution in [0.1, 0.15) is 32.4 Å². The SMILES string of the molecule is CC1(C)CCN(Cc2ccco2)CCCN1. The van der Waals surface area contributed by atoms with Gasteiger partial charge in [0.05, 0.1) is 12.8 Å². The lowest BCUT2D eigenvalue weighted by Crippen LogP contribution is -2.46. The molecule has 3 nitrogen and oxygen atoms in total. The lowest BCUT2D eigenvalue weighted by Gasteiger charge is -2.33. The van der Waals surface area contributed by atoms with Crippen LogP contribution in [0.2, 0.25) is 0 Å². The van der Waals surface area contributed by atoms with Gasteiger partial charge in [-0.05, 0) is 51.9 Å². The molecule has 0 saturated carbocycles. The normalized spacial score (nSPS) is 22.6. The van der Waals surface area contributed by atoms with Crippen LogP contribution in [0.15, 0.2) is 22.8 Å². The topological polar surface area (TPSA) is 28.4 Å². The van der Waals surface area contributed by atoms with Crippen LogP contribution in [0.3, 0.4) is 0 Å². The molecule has 1 saturated heterocycles. The van der Waals surface area contributed by atoms with Gasteiger partial charge in [-0.2, -0.15) is 0 Å². The molecular formula is C13H22N2O. The Hall–Kier alpha value is -0.800. The largest absolute Gasteiger partial charge is 0.468 e. The highest BCUT2D eigenvalue weighted by molar-refractivity contribution is 4.98. The van der Waals surface area contributed by atoms with Crippen LogP contribution < -0.4 is 5.32 Å². The van der Waals surface area contributed by atoms with Crippen molar-refractivity contribution in [1.82, 2.24) is 10.2 Å². The Kier molecular flexibility index (Phi) is 3.66. The lowest BCUT2D eigenvalue weighted by molar-refractivity contribution is 0.187. The molecule has 0 aliphatic carbocycles. The van der Waals surface area contributed by atoms with E-state index < -0.39 is 0 Å². The number of furan rings is 1. The van der Waals surface area contributed by atoms with Crippen LogP contribution >= 0.6 is 0 Å². The third-order valence-electron chi connectivity index (χ3n) is 3.27. The zero-order valence-electron chi connectivity index (χ0n) is 10.3. The maximum atomic E-state index is 5.40. The molecule has 1 aromatic heterocycles. The zero-order chi connectivity index (χ0) is 11.4. The van der Waals surface area contributed by atoms with Crippen LogP contribution in [0.4, 0.5) is 0 Å². The molecule has 1 aliphatic rings. The van der Waals surface area contributed by atoms with E-state index in [1.54, 1.807) is 6.26 Å². The molecule has 2 heterocycles. The second-order valence-electron chi connectivity index (χ2n) is 5.27. The second kappa shape index (κ2) is 5.02. The van der Waals surface area contributed by atoms with E-state index in [4.69, 9.17) is 4.42 Å². The maximum absolute atomic E-state index is 5.40. The number of nitrogens with one attached hydrogen (secondary N) is 1. The predicted octanol–water partition coefficient (Wildman–Crippen LogP) is 2.24. The van der Waals surface area contributed by atoms with Crippen molar-refractivity contribution >= 4 is 0 Å². The van der Waals surface area contributed by atoms with E-state index in [1.807, 2.05) is 6.07 Å². The Morgan fingerprint density at radius 3 is 3.06 bits per heavy atom. The van der Waals surface area contributed by atoms with Crippen LogP contribution in [0.25, 0.3) is 0 Å². The monoisotopic (exact) mass is 222 g/mol. The molecule has 0 spiro atoms. The molecule has 0 radical (unpaired) electrons. The van der Waals surface area contributed by atoms with Crippen molar-refractivity contribution in [2.75, 3.05) is 19.6 Å². The van der Waals surface area contributed by atoms with Crippen molar-refractivity contribution in [2.24, 2.45) is 0 Å². The number of rotatable bonds is 2. The van der Waals surface area contributed by atoms with Crippen molar-refractivity contribution in [2.45, 2.75) is 38.8 Å². The molecule has 0 atom stereocenters. The molecule has 0 unspecified atom stereocenters. The Morgan fingerprint density at radius 1 is 1.44 bits per heavy atom. The quantitative estimate of drug-likeness (QED) is 0.832. The third kappa shape index (κ3) is 3.35. The van der Waals surface area contributed by atoms with Crippen molar-refractivity contribution in [3.63, 3.8) is 0 Å². The van der Waals surface area contributed by atoms with Gasteiger partial charge in [0.25, 0.3) is 0 Å². The van der Waals surface area contributed by atoms with Crippen LogP contribution in [-0.2, 0) is 6.54 Å². The number of hydrogen-bond donors (Lipinski definition) is 1. The van der Waals surface area contributed by atoms with E-state index in [-0.39, 0.29) is 5.54 Å². The summed E-state index contributed by atoms with van der Waals surface area (Å²) >= 11 is 0. The van der Waals surface area contributed by atoms with Gasteiger partial charge in [0.2, 0.25) is 0 Å². The summed E-state index contributed by atoms with van der Waals surface area (Å²) in [5, 5.41) is 3.59. The van der Waals surface area contributed by atoms with E-state index in [0.717, 1.165) is 31.9 Å². The molecule has 1 aliphatic heterocycles. The van der Waals surface area contributed by atoms with Crippen molar-refractivity contribution in [3.05, 3.63) is 24.2 Å². The minimum atomic E-state index is 0.266. The van der Waals surface area contributed by atoms with Crippen LogP contribution in [-0.4, -0.2) is 30.1 Å². The maximum Gasteiger partial charge on any atom is 0.117 e. The van der Waals surface area contributed by atoms with Crippen molar-refractivity contribution in [3.8, 4) is 0 Å². The zero-order valence-corrected chi connectivity index (χ0v) is 10.3. The minimum Gasteiger partial charge on any atom is -0.468 e. The van der Waals surface area contributed by atoms with Crippen LogP contribution in [0.5, 0.6) is 0 Å². The first kappa shape index (κ1) is 11.7. The van der Waals surface area contributed by atoms with Gasteiger partial charge in [-0.3, -0.25) is 4.90 Å². The van der Waals surface area contributed by atoms with E-state index in [0.29, 0.717) is 0 Å². The summed E-state index contributed by atoms with van der Waals surface area (Å²) in [6.45, 7) is 8.92. The first-order chi connectivity index (χ1) is 7.66. The van der Waals surface area contributed by atoms with Gasteiger partial charge >= 0.3 is 0 Å². The average Bonchev–Trinajstić information content (AvgIpc) is 2.71. The van der Waals surface area contributed by atoms with Gasteiger partial charge in [-0.15, -0.1) is 0 Å². The predicted molar refractivity (Wildman–Crippen MR) is 65.3 cm³/mol. The number of hydrogen-bond acceptors (Lipinski definition) is 3. The molecule has 1 aromatic rings. The van der Waals surface area contributed by atoms with Crippen molar-refractivity contribution < 1.29 is 4.42 Å². The number of nitrogens with zero attached hydrogens (tertiary/aromatic N) is 1. The minimum absolute atomic E-state index is 0.266. The van der Waals surface area contributed by atoms with Gasteiger partial charge in [0.15, 0.2) is 0 Å². The molecule has 1 N–H and O–H groups in total. The van der Waals surface area contributed by atoms with Gasteiger partial charge in [-0.1, -0.05) is 0 Å². The Morgan fingerprint density at radius 2 is 2.31 bits per heavy atom. The fourth-order valence-electron chi connectivity index (χ4n) is 2.15. The standard InChI is InChI=1S/C13H22N2O/c1-13(2)6-9-15(8-4-7-14-13)11-12-5-3-10-16-12/h3,5,10,14H,4,6-9,11H2,1-2H3. The Bertz CT molecular complexity index is 306. The van der Waals surface area contributed by atoms with Crippen molar-refractivity contribution in [1.29, 1.82) is 0 Å². The first-order valence-electron chi connectivity index (χ1n) is 6.15. The molecule has 90 valence electrons.